The van der Waals surface area contributed by atoms with Crippen LogP contribution in [0.5, 0.6) is 0 Å². The van der Waals surface area contributed by atoms with Gasteiger partial charge in [-0.25, -0.2) is 0 Å². The smallest absolute Gasteiger partial charge is 0.0693 e. The van der Waals surface area contributed by atoms with Gasteiger partial charge in [-0.15, -0.1) is 0 Å². The highest BCUT2D eigenvalue weighted by Crippen LogP contribution is 2.22. The van der Waals surface area contributed by atoms with Crippen LogP contribution in [0.25, 0.3) is 0 Å². The molecule has 2 atom stereocenters. The number of aliphatic hydroxyl groups is 1. The second-order valence-corrected chi connectivity index (χ2v) is 5.48. The van der Waals surface area contributed by atoms with Crippen LogP contribution < -0.4 is 5.32 Å². The van der Waals surface area contributed by atoms with Gasteiger partial charge in [-0.1, -0.05) is 12.8 Å². The fourth-order valence-corrected chi connectivity index (χ4v) is 3.13. The van der Waals surface area contributed by atoms with Gasteiger partial charge in [0.2, 0.25) is 0 Å². The lowest BCUT2D eigenvalue weighted by Gasteiger charge is -2.25. The predicted molar refractivity (Wildman–Crippen MR) is 66.5 cm³/mol. The molecule has 0 saturated heterocycles. The van der Waals surface area contributed by atoms with Crippen LogP contribution >= 0.6 is 0 Å². The van der Waals surface area contributed by atoms with Crippen LogP contribution in [0.2, 0.25) is 0 Å². The molecule has 2 rings (SSSR count). The average molecular weight is 226 g/mol. The summed E-state index contributed by atoms with van der Waals surface area (Å²) in [7, 11) is 2.24. The largest absolute Gasteiger partial charge is 0.392 e. The highest BCUT2D eigenvalue weighted by atomic mass is 16.3. The predicted octanol–water partition coefficient (Wildman–Crippen LogP) is 1.36. The molecule has 0 spiro atoms. The summed E-state index contributed by atoms with van der Waals surface area (Å²) in [5.74, 6) is 0. The summed E-state index contributed by atoms with van der Waals surface area (Å²) in [6.07, 6.45) is 8.78. The number of hydrogen-bond acceptors (Lipinski definition) is 3. The van der Waals surface area contributed by atoms with Crippen LogP contribution in [0.1, 0.15) is 44.9 Å². The van der Waals surface area contributed by atoms with Gasteiger partial charge in [0.25, 0.3) is 0 Å². The lowest BCUT2D eigenvalue weighted by atomic mass is 10.2. The van der Waals surface area contributed by atoms with Crippen molar-refractivity contribution in [2.75, 3.05) is 20.1 Å². The molecule has 16 heavy (non-hydrogen) atoms. The Hall–Kier alpha value is -0.120. The summed E-state index contributed by atoms with van der Waals surface area (Å²) in [5.41, 5.74) is 0. The first kappa shape index (κ1) is 12.3. The molecule has 0 bridgehead atoms. The molecule has 2 aliphatic rings. The zero-order chi connectivity index (χ0) is 11.4. The summed E-state index contributed by atoms with van der Waals surface area (Å²) in [5, 5.41) is 13.2. The van der Waals surface area contributed by atoms with E-state index in [0.29, 0.717) is 6.04 Å². The van der Waals surface area contributed by atoms with E-state index >= 15 is 0 Å². The summed E-state index contributed by atoms with van der Waals surface area (Å²) in [4.78, 5) is 2.49. The van der Waals surface area contributed by atoms with Crippen molar-refractivity contribution in [2.24, 2.45) is 0 Å². The molecule has 0 aromatic carbocycles. The molecule has 2 unspecified atom stereocenters. The van der Waals surface area contributed by atoms with E-state index in [1.807, 2.05) is 0 Å². The quantitative estimate of drug-likeness (QED) is 0.743. The number of nitrogens with one attached hydrogen (secondary N) is 1. The number of hydrogen-bond donors (Lipinski definition) is 2. The zero-order valence-electron chi connectivity index (χ0n) is 10.5. The van der Waals surface area contributed by atoms with Crippen molar-refractivity contribution < 1.29 is 5.11 Å². The van der Waals surface area contributed by atoms with Crippen LogP contribution in [-0.2, 0) is 0 Å². The Balaban J connectivity index is 1.59. The Kier molecular flexibility index (Phi) is 4.62. The third-order valence-electron chi connectivity index (χ3n) is 4.30. The van der Waals surface area contributed by atoms with Gasteiger partial charge in [-0.3, -0.25) is 0 Å². The molecule has 0 heterocycles. The maximum absolute atomic E-state index is 9.69. The van der Waals surface area contributed by atoms with Gasteiger partial charge in [-0.05, 0) is 39.2 Å². The van der Waals surface area contributed by atoms with E-state index in [-0.39, 0.29) is 6.10 Å². The Morgan fingerprint density at radius 2 is 1.88 bits per heavy atom. The summed E-state index contributed by atoms with van der Waals surface area (Å²) < 4.78 is 0. The van der Waals surface area contributed by atoms with Crippen LogP contribution in [-0.4, -0.2) is 48.3 Å². The maximum atomic E-state index is 9.69. The fourth-order valence-electron chi connectivity index (χ4n) is 3.13. The molecule has 2 fully saturated rings. The molecular weight excluding hydrogens is 200 g/mol. The molecule has 2 saturated carbocycles. The van der Waals surface area contributed by atoms with Crippen LogP contribution in [0.3, 0.4) is 0 Å². The molecule has 3 heteroatoms. The summed E-state index contributed by atoms with van der Waals surface area (Å²) >= 11 is 0. The maximum Gasteiger partial charge on any atom is 0.0693 e. The first-order chi connectivity index (χ1) is 7.77. The van der Waals surface area contributed by atoms with Gasteiger partial charge >= 0.3 is 0 Å². The Bertz CT molecular complexity index is 204. The number of likely N-dealkylation sites (N-methyl/N-ethyl adjacent to an activating group) is 1. The SMILES string of the molecule is CN(CCNC1CCCC1O)C1CCCC1. The summed E-state index contributed by atoms with van der Waals surface area (Å²) in [6.45, 7) is 2.14. The average Bonchev–Trinajstić information content (AvgIpc) is 2.90. The van der Waals surface area contributed by atoms with E-state index < -0.39 is 0 Å². The van der Waals surface area contributed by atoms with Crippen molar-refractivity contribution in [2.45, 2.75) is 63.1 Å². The molecule has 94 valence electrons. The van der Waals surface area contributed by atoms with E-state index in [0.717, 1.165) is 32.0 Å². The van der Waals surface area contributed by atoms with Crippen LogP contribution in [0.4, 0.5) is 0 Å². The van der Waals surface area contributed by atoms with Crippen molar-refractivity contribution in [1.82, 2.24) is 10.2 Å². The van der Waals surface area contributed by atoms with Gasteiger partial charge in [0.1, 0.15) is 0 Å². The lowest BCUT2D eigenvalue weighted by Crippen LogP contribution is -2.41. The molecular formula is C13H26N2O. The number of rotatable bonds is 5. The first-order valence-corrected chi connectivity index (χ1v) is 6.89. The van der Waals surface area contributed by atoms with Crippen LogP contribution in [0.15, 0.2) is 0 Å². The highest BCUT2D eigenvalue weighted by molar-refractivity contribution is 4.83. The van der Waals surface area contributed by atoms with Gasteiger partial charge < -0.3 is 15.3 Å². The molecule has 0 radical (unpaired) electrons. The van der Waals surface area contributed by atoms with E-state index in [9.17, 15) is 5.11 Å². The fraction of sp³-hybridized carbons (Fsp3) is 1.00. The molecule has 0 aromatic rings. The minimum Gasteiger partial charge on any atom is -0.392 e. The number of nitrogens with zero attached hydrogens (tertiary/aromatic N) is 1. The Labute approximate surface area is 99.2 Å². The lowest BCUT2D eigenvalue weighted by molar-refractivity contribution is 0.145. The van der Waals surface area contributed by atoms with Crippen LogP contribution in [0, 0.1) is 0 Å². The van der Waals surface area contributed by atoms with Crippen molar-refractivity contribution in [3.8, 4) is 0 Å². The Morgan fingerprint density at radius 1 is 1.12 bits per heavy atom. The molecule has 0 aromatic heterocycles. The number of aliphatic hydroxyl groups excluding tert-OH is 1. The van der Waals surface area contributed by atoms with Gasteiger partial charge in [0, 0.05) is 25.2 Å². The topological polar surface area (TPSA) is 35.5 Å². The molecule has 0 amide bonds. The van der Waals surface area contributed by atoms with E-state index in [2.05, 4.69) is 17.3 Å². The van der Waals surface area contributed by atoms with Crippen molar-refractivity contribution >= 4 is 0 Å². The minimum absolute atomic E-state index is 0.100. The summed E-state index contributed by atoms with van der Waals surface area (Å²) in [6, 6.07) is 1.17. The minimum atomic E-state index is -0.100. The van der Waals surface area contributed by atoms with Gasteiger partial charge in [0.15, 0.2) is 0 Å². The third kappa shape index (κ3) is 3.19. The molecule has 2 aliphatic carbocycles. The van der Waals surface area contributed by atoms with Crippen molar-refractivity contribution in [3.63, 3.8) is 0 Å². The normalized spacial score (nSPS) is 31.7. The second kappa shape index (κ2) is 5.99. The van der Waals surface area contributed by atoms with Crippen molar-refractivity contribution in [3.05, 3.63) is 0 Å². The second-order valence-electron chi connectivity index (χ2n) is 5.48. The van der Waals surface area contributed by atoms with E-state index in [1.165, 1.54) is 32.1 Å². The standard InChI is InChI=1S/C13H26N2O/c1-15(11-5-2-3-6-11)10-9-14-12-7-4-8-13(12)16/h11-14,16H,2-10H2,1H3. The Morgan fingerprint density at radius 3 is 2.50 bits per heavy atom. The molecule has 0 aliphatic heterocycles. The molecule has 3 nitrogen and oxygen atoms in total. The van der Waals surface area contributed by atoms with E-state index in [1.54, 1.807) is 0 Å². The monoisotopic (exact) mass is 226 g/mol. The first-order valence-electron chi connectivity index (χ1n) is 6.89. The zero-order valence-corrected chi connectivity index (χ0v) is 10.5. The van der Waals surface area contributed by atoms with E-state index in [4.69, 9.17) is 0 Å². The highest BCUT2D eigenvalue weighted by Gasteiger charge is 2.25. The third-order valence-corrected chi connectivity index (χ3v) is 4.30. The van der Waals surface area contributed by atoms with Gasteiger partial charge in [-0.2, -0.15) is 0 Å². The molecule has 2 N–H and O–H groups in total. The van der Waals surface area contributed by atoms with Crippen molar-refractivity contribution in [1.29, 1.82) is 0 Å². The van der Waals surface area contributed by atoms with Gasteiger partial charge in [0.05, 0.1) is 6.10 Å².